The van der Waals surface area contributed by atoms with Gasteiger partial charge in [-0.05, 0) is 141 Å². The van der Waals surface area contributed by atoms with Crippen LogP contribution in [0.4, 0.5) is 0 Å². The van der Waals surface area contributed by atoms with Gasteiger partial charge in [-0.25, -0.2) is 4.57 Å². The number of esters is 2. The van der Waals surface area contributed by atoms with Crippen molar-refractivity contribution in [1.29, 1.82) is 0 Å². The molecule has 0 aliphatic rings. The molecule has 0 fully saturated rings. The van der Waals surface area contributed by atoms with Crippen LogP contribution < -0.4 is 0 Å². The zero-order chi connectivity index (χ0) is 62.6. The first kappa shape index (κ1) is 80.6. The second kappa shape index (κ2) is 64.1. The summed E-state index contributed by atoms with van der Waals surface area (Å²) >= 11 is 0. The van der Waals surface area contributed by atoms with Crippen molar-refractivity contribution in [3.05, 3.63) is 207 Å². The van der Waals surface area contributed by atoms with Gasteiger partial charge < -0.3 is 18.9 Å². The molecular weight excluding hydrogens is 1090 g/mol. The minimum absolute atomic E-state index is 0.00664. The van der Waals surface area contributed by atoms with E-state index in [-0.39, 0.29) is 26.1 Å². The lowest BCUT2D eigenvalue weighted by Crippen LogP contribution is -2.37. The molecule has 10 heteroatoms. The molecule has 480 valence electrons. The molecule has 0 aromatic heterocycles. The standard InChI is InChI=1S/C76H118NO8P/c1-6-8-10-12-14-16-18-20-22-24-26-28-30-32-34-36-37-38-39-41-42-44-46-48-50-52-54-56-58-60-62-64-66-68-75(78)82-72-74(73-84-86(80,81)83-71-70-77(3,4)5)85-76(79)69-67-65-63-61-59-57-55-53-51-49-47-45-43-40-35-33-31-29-27-25-23-21-19-17-15-13-11-9-7-2/h8-11,14-17,20-23,26-29,32-35,37-38,41-43,45-46,48-49,51,55,57,61,63,74H,6-7,12-13,18-19,24-25,30-31,36,39-40,44,47,50,52-54,56,58-60,62,64-73H2,1-5H3/p+1/b10-8-,11-9-,16-14-,17-15-,22-20-,23-21-,28-26-,29-27-,34-32-,35-33-,38-37-,42-41-,45-43-,48-46-,51-49-,57-55-,63-61-. The quantitative estimate of drug-likeness (QED) is 0.0211. The van der Waals surface area contributed by atoms with E-state index < -0.39 is 32.5 Å². The van der Waals surface area contributed by atoms with Crippen LogP contribution in [0.3, 0.4) is 0 Å². The lowest BCUT2D eigenvalue weighted by atomic mass is 10.1. The van der Waals surface area contributed by atoms with Crippen molar-refractivity contribution in [3.8, 4) is 0 Å². The van der Waals surface area contributed by atoms with Crippen LogP contribution in [0.15, 0.2) is 207 Å². The highest BCUT2D eigenvalue weighted by molar-refractivity contribution is 7.47. The predicted octanol–water partition coefficient (Wildman–Crippen LogP) is 21.5. The summed E-state index contributed by atoms with van der Waals surface area (Å²) in [6, 6.07) is 0. The van der Waals surface area contributed by atoms with Crippen LogP contribution in [-0.4, -0.2) is 74.9 Å². The van der Waals surface area contributed by atoms with Gasteiger partial charge in [0, 0.05) is 12.8 Å². The number of allylic oxidation sites excluding steroid dienone is 34. The smallest absolute Gasteiger partial charge is 0.462 e. The maximum absolute atomic E-state index is 12.8. The Kier molecular flexibility index (Phi) is 60.0. The molecule has 86 heavy (non-hydrogen) atoms. The summed E-state index contributed by atoms with van der Waals surface area (Å²) in [5.74, 6) is -0.896. The first-order chi connectivity index (χ1) is 42.0. The minimum Gasteiger partial charge on any atom is -0.462 e. The van der Waals surface area contributed by atoms with Crippen molar-refractivity contribution < 1.29 is 42.1 Å². The Morgan fingerprint density at radius 2 is 0.640 bits per heavy atom. The number of unbranched alkanes of at least 4 members (excludes halogenated alkanes) is 9. The summed E-state index contributed by atoms with van der Waals surface area (Å²) in [7, 11) is 1.40. The Morgan fingerprint density at radius 3 is 0.965 bits per heavy atom. The number of hydrogen-bond acceptors (Lipinski definition) is 7. The van der Waals surface area contributed by atoms with Crippen molar-refractivity contribution in [2.45, 2.75) is 213 Å². The fraction of sp³-hybridized carbons (Fsp3) is 0.526. The first-order valence-corrected chi connectivity index (χ1v) is 34.3. The van der Waals surface area contributed by atoms with E-state index in [1.54, 1.807) is 0 Å². The molecule has 0 radical (unpaired) electrons. The van der Waals surface area contributed by atoms with Crippen molar-refractivity contribution in [2.75, 3.05) is 47.5 Å². The van der Waals surface area contributed by atoms with E-state index in [4.69, 9.17) is 18.5 Å². The molecule has 0 rings (SSSR count). The summed E-state index contributed by atoms with van der Waals surface area (Å²) < 4.78 is 34.6. The summed E-state index contributed by atoms with van der Waals surface area (Å²) in [5.41, 5.74) is 0. The Labute approximate surface area is 525 Å². The van der Waals surface area contributed by atoms with Gasteiger partial charge in [-0.15, -0.1) is 0 Å². The van der Waals surface area contributed by atoms with E-state index in [1.807, 2.05) is 27.2 Å². The lowest BCUT2D eigenvalue weighted by molar-refractivity contribution is -0.870. The van der Waals surface area contributed by atoms with Gasteiger partial charge in [-0.1, -0.05) is 259 Å². The van der Waals surface area contributed by atoms with Crippen LogP contribution in [0.5, 0.6) is 0 Å². The monoisotopic (exact) mass is 1200 g/mol. The maximum Gasteiger partial charge on any atom is 0.472 e. The molecule has 0 heterocycles. The Bertz CT molecular complexity index is 2200. The van der Waals surface area contributed by atoms with E-state index in [0.29, 0.717) is 30.3 Å². The number of quaternary nitrogens is 1. The number of phosphoric ester groups is 1. The Morgan fingerprint density at radius 1 is 0.360 bits per heavy atom. The van der Waals surface area contributed by atoms with E-state index in [0.717, 1.165) is 135 Å². The number of hydrogen-bond donors (Lipinski definition) is 1. The van der Waals surface area contributed by atoms with Crippen LogP contribution >= 0.6 is 7.82 Å². The minimum atomic E-state index is -4.43. The third-order valence-corrected chi connectivity index (χ3v) is 13.8. The van der Waals surface area contributed by atoms with E-state index in [1.165, 1.54) is 25.7 Å². The molecule has 0 aromatic rings. The fourth-order valence-electron chi connectivity index (χ4n) is 7.85. The maximum atomic E-state index is 12.8. The van der Waals surface area contributed by atoms with Crippen LogP contribution in [0.2, 0.25) is 0 Å². The summed E-state index contributed by atoms with van der Waals surface area (Å²) in [6.45, 7) is 4.09. The molecule has 0 spiro atoms. The van der Waals surface area contributed by atoms with Crippen LogP contribution in [0, 0.1) is 0 Å². The SMILES string of the molecule is CC/C=C\C/C=C\C/C=C\C/C=C\C/C=C\C/C=C\C/C=C\C/C=C\C/C=C\CCCC(=O)OC(COC(=O)CCCCCCCCCC/C=C\C/C=C\C/C=C\C/C=C\C/C=C\C/C=C\C/C=C\C/C=C\CC)COP(=O)(O)OCC[N+](C)(C)C. The average molecular weight is 1210 g/mol. The van der Waals surface area contributed by atoms with Gasteiger partial charge in [0.05, 0.1) is 27.7 Å². The van der Waals surface area contributed by atoms with Crippen molar-refractivity contribution in [3.63, 3.8) is 0 Å². The Hall–Kier alpha value is -5.41. The second-order valence-corrected chi connectivity index (χ2v) is 23.5. The summed E-state index contributed by atoms with van der Waals surface area (Å²) in [4.78, 5) is 35.8. The van der Waals surface area contributed by atoms with Gasteiger partial charge in [0.25, 0.3) is 0 Å². The summed E-state index contributed by atoms with van der Waals surface area (Å²) in [5, 5.41) is 0. The first-order valence-electron chi connectivity index (χ1n) is 32.8. The molecule has 9 nitrogen and oxygen atoms in total. The zero-order valence-corrected chi connectivity index (χ0v) is 55.3. The highest BCUT2D eigenvalue weighted by Gasteiger charge is 2.27. The molecule has 0 saturated heterocycles. The fourth-order valence-corrected chi connectivity index (χ4v) is 8.60. The van der Waals surface area contributed by atoms with Crippen molar-refractivity contribution >= 4 is 19.8 Å². The molecular formula is C76H119NO8P+. The third-order valence-electron chi connectivity index (χ3n) is 12.8. The molecule has 0 aliphatic carbocycles. The number of phosphoric acid groups is 1. The number of ether oxygens (including phenoxy) is 2. The molecule has 0 amide bonds. The predicted molar refractivity (Wildman–Crippen MR) is 371 cm³/mol. The van der Waals surface area contributed by atoms with Crippen molar-refractivity contribution in [2.24, 2.45) is 0 Å². The van der Waals surface area contributed by atoms with E-state index in [9.17, 15) is 19.0 Å². The lowest BCUT2D eigenvalue weighted by Gasteiger charge is -2.24. The number of rotatable bonds is 57. The molecule has 0 saturated carbocycles. The number of carbonyl (C=O) groups is 2. The Balaban J connectivity index is 4.29. The second-order valence-electron chi connectivity index (χ2n) is 22.0. The van der Waals surface area contributed by atoms with E-state index in [2.05, 4.69) is 214 Å². The van der Waals surface area contributed by atoms with E-state index >= 15 is 0 Å². The average Bonchev–Trinajstić information content (AvgIpc) is 3.67. The number of carbonyl (C=O) groups excluding carboxylic acids is 2. The largest absolute Gasteiger partial charge is 0.472 e. The molecule has 2 unspecified atom stereocenters. The number of nitrogens with zero attached hydrogens (tertiary/aromatic N) is 1. The topological polar surface area (TPSA) is 108 Å². The van der Waals surface area contributed by atoms with Gasteiger partial charge in [0.2, 0.25) is 0 Å². The molecule has 0 aliphatic heterocycles. The normalized spacial score (nSPS) is 14.5. The van der Waals surface area contributed by atoms with Crippen molar-refractivity contribution in [1.82, 2.24) is 0 Å². The van der Waals surface area contributed by atoms with Crippen LogP contribution in [0.25, 0.3) is 0 Å². The van der Waals surface area contributed by atoms with Gasteiger partial charge in [0.15, 0.2) is 6.10 Å². The molecule has 0 bridgehead atoms. The zero-order valence-electron chi connectivity index (χ0n) is 54.4. The van der Waals surface area contributed by atoms with Crippen LogP contribution in [0.1, 0.15) is 206 Å². The molecule has 1 N–H and O–H groups in total. The van der Waals surface area contributed by atoms with Gasteiger partial charge in [-0.3, -0.25) is 18.6 Å². The highest BCUT2D eigenvalue weighted by Crippen LogP contribution is 2.43. The summed E-state index contributed by atoms with van der Waals surface area (Å²) in [6.07, 6.45) is 102. The number of likely N-dealkylation sites (N-methyl/N-ethyl adjacent to an activating group) is 1. The highest BCUT2D eigenvalue weighted by atomic mass is 31.2. The van der Waals surface area contributed by atoms with Crippen LogP contribution in [-0.2, 0) is 32.7 Å². The molecule has 0 aromatic carbocycles. The van der Waals surface area contributed by atoms with Gasteiger partial charge in [0.1, 0.15) is 19.8 Å². The third kappa shape index (κ3) is 67.7. The molecule has 2 atom stereocenters. The van der Waals surface area contributed by atoms with Gasteiger partial charge in [-0.2, -0.15) is 0 Å². The van der Waals surface area contributed by atoms with Gasteiger partial charge >= 0.3 is 19.8 Å².